The number of nitrogens with zero attached hydrogens (tertiary/aromatic N) is 2. The lowest BCUT2D eigenvalue weighted by Crippen LogP contribution is -2.22. The van der Waals surface area contributed by atoms with Crippen LogP contribution in [0.25, 0.3) is 23.1 Å². The summed E-state index contributed by atoms with van der Waals surface area (Å²) in [7, 11) is -1.24. The Morgan fingerprint density at radius 2 is 1.58 bits per heavy atom. The van der Waals surface area contributed by atoms with Crippen molar-refractivity contribution in [2.24, 2.45) is 0 Å². The van der Waals surface area contributed by atoms with Crippen molar-refractivity contribution in [1.29, 1.82) is 0 Å². The van der Waals surface area contributed by atoms with Crippen LogP contribution >= 0.6 is 0 Å². The zero-order valence-corrected chi connectivity index (χ0v) is 25.7. The van der Waals surface area contributed by atoms with Gasteiger partial charge in [-0.3, -0.25) is 9.59 Å². The molecular weight excluding hydrogens is 552 g/mol. The Morgan fingerprint density at radius 1 is 0.860 bits per heavy atom. The van der Waals surface area contributed by atoms with Crippen LogP contribution in [0.4, 0.5) is 11.4 Å². The van der Waals surface area contributed by atoms with Crippen LogP contribution in [-0.4, -0.2) is 36.2 Å². The molecule has 4 aromatic carbocycles. The summed E-state index contributed by atoms with van der Waals surface area (Å²) in [6, 6.07) is 30.3. The van der Waals surface area contributed by atoms with Crippen LogP contribution in [0.2, 0.25) is 25.7 Å². The highest BCUT2D eigenvalue weighted by atomic mass is 28.3. The molecule has 3 N–H and O–H groups in total. The standard InChI is InChI=1S/C35H36N4O3Si/c1-43(2,3)21-20-42-24-39-33-23-28(16-18-30(33)32(38-39)19-17-25-10-7-8-15-31(25)36)34(40)27-13-9-14-29(22-27)37-35(41)26-11-5-4-6-12-26/h4-19,22-23H,20-21,24,36H2,1-3H3,(H,37,41)/b19-17+. The monoisotopic (exact) mass is 588 g/mol. The number of ketones is 1. The summed E-state index contributed by atoms with van der Waals surface area (Å²) in [6.07, 6.45) is 3.88. The van der Waals surface area contributed by atoms with Gasteiger partial charge in [-0.05, 0) is 60.1 Å². The van der Waals surface area contributed by atoms with E-state index < -0.39 is 8.07 Å². The van der Waals surface area contributed by atoms with Gasteiger partial charge in [0.05, 0.1) is 11.2 Å². The van der Waals surface area contributed by atoms with Crippen molar-refractivity contribution >= 4 is 54.2 Å². The van der Waals surface area contributed by atoms with Crippen LogP contribution in [0.15, 0.2) is 97.1 Å². The predicted octanol–water partition coefficient (Wildman–Crippen LogP) is 7.58. The highest BCUT2D eigenvalue weighted by Gasteiger charge is 2.17. The first-order valence-electron chi connectivity index (χ1n) is 14.3. The molecule has 8 heteroatoms. The molecule has 0 aliphatic rings. The molecule has 7 nitrogen and oxygen atoms in total. The molecule has 5 aromatic rings. The smallest absolute Gasteiger partial charge is 0.255 e. The van der Waals surface area contributed by atoms with Gasteiger partial charge in [0, 0.05) is 48.1 Å². The number of para-hydroxylation sites is 1. The molecule has 5 rings (SSSR count). The number of nitrogens with two attached hydrogens (primary N) is 1. The van der Waals surface area contributed by atoms with Gasteiger partial charge in [0.25, 0.3) is 5.91 Å². The first-order valence-corrected chi connectivity index (χ1v) is 18.0. The molecule has 0 atom stereocenters. The molecule has 218 valence electrons. The fourth-order valence-corrected chi connectivity index (χ4v) is 5.38. The number of hydrogen-bond acceptors (Lipinski definition) is 5. The van der Waals surface area contributed by atoms with Crippen LogP contribution in [0, 0.1) is 0 Å². The van der Waals surface area contributed by atoms with Crippen molar-refractivity contribution in [2.75, 3.05) is 17.7 Å². The topological polar surface area (TPSA) is 99.2 Å². The van der Waals surface area contributed by atoms with Crippen LogP contribution in [0.1, 0.15) is 37.5 Å². The summed E-state index contributed by atoms with van der Waals surface area (Å²) in [4.78, 5) is 26.3. The number of ether oxygens (including phenoxy) is 1. The lowest BCUT2D eigenvalue weighted by atomic mass is 10.0. The van der Waals surface area contributed by atoms with E-state index in [-0.39, 0.29) is 18.4 Å². The van der Waals surface area contributed by atoms with E-state index in [9.17, 15) is 9.59 Å². The molecule has 0 bridgehead atoms. The molecule has 1 aromatic heterocycles. The van der Waals surface area contributed by atoms with E-state index in [1.807, 2.05) is 72.8 Å². The summed E-state index contributed by atoms with van der Waals surface area (Å²) in [6.45, 7) is 7.89. The largest absolute Gasteiger partial charge is 0.398 e. The van der Waals surface area contributed by atoms with E-state index in [0.717, 1.165) is 28.2 Å². The number of hydrogen-bond donors (Lipinski definition) is 2. The van der Waals surface area contributed by atoms with Crippen molar-refractivity contribution in [2.45, 2.75) is 32.4 Å². The number of fused-ring (bicyclic) bond motifs is 1. The third kappa shape index (κ3) is 7.54. The second kappa shape index (κ2) is 13.0. The minimum absolute atomic E-state index is 0.153. The number of nitrogens with one attached hydrogen (secondary N) is 1. The highest BCUT2D eigenvalue weighted by Crippen LogP contribution is 2.25. The minimum atomic E-state index is -1.24. The fraction of sp³-hybridized carbons (Fsp3) is 0.171. The van der Waals surface area contributed by atoms with Gasteiger partial charge in [-0.15, -0.1) is 0 Å². The van der Waals surface area contributed by atoms with E-state index in [4.69, 9.17) is 15.6 Å². The van der Waals surface area contributed by atoms with Crippen LogP contribution in [-0.2, 0) is 11.5 Å². The summed E-state index contributed by atoms with van der Waals surface area (Å²) in [5.74, 6) is -0.387. The Balaban J connectivity index is 1.43. The molecule has 1 heterocycles. The maximum atomic E-state index is 13.6. The summed E-state index contributed by atoms with van der Waals surface area (Å²) >= 11 is 0. The fourth-order valence-electron chi connectivity index (χ4n) is 4.62. The lowest BCUT2D eigenvalue weighted by molar-refractivity contribution is 0.0816. The Morgan fingerprint density at radius 3 is 2.35 bits per heavy atom. The first-order chi connectivity index (χ1) is 20.7. The molecule has 1 amide bonds. The number of nitrogen functional groups attached to an aromatic ring is 1. The molecular formula is C35H36N4O3Si. The van der Waals surface area contributed by atoms with Crippen molar-refractivity contribution in [3.63, 3.8) is 0 Å². The van der Waals surface area contributed by atoms with E-state index in [1.165, 1.54) is 0 Å². The Bertz CT molecular complexity index is 1790. The maximum Gasteiger partial charge on any atom is 0.255 e. The van der Waals surface area contributed by atoms with E-state index in [2.05, 4.69) is 25.0 Å². The van der Waals surface area contributed by atoms with Gasteiger partial charge in [-0.25, -0.2) is 4.68 Å². The molecule has 0 spiro atoms. The maximum absolute atomic E-state index is 13.6. The quantitative estimate of drug-likeness (QED) is 0.0717. The summed E-state index contributed by atoms with van der Waals surface area (Å²) in [5, 5.41) is 8.62. The number of amides is 1. The predicted molar refractivity (Wildman–Crippen MR) is 178 cm³/mol. The van der Waals surface area contributed by atoms with Crippen molar-refractivity contribution < 1.29 is 14.3 Å². The van der Waals surface area contributed by atoms with E-state index in [0.29, 0.717) is 34.7 Å². The normalized spacial score (nSPS) is 11.7. The minimum Gasteiger partial charge on any atom is -0.398 e. The Kier molecular flexibility index (Phi) is 8.99. The van der Waals surface area contributed by atoms with Crippen LogP contribution in [0.5, 0.6) is 0 Å². The third-order valence-electron chi connectivity index (χ3n) is 7.09. The van der Waals surface area contributed by atoms with Crippen LogP contribution < -0.4 is 11.1 Å². The zero-order valence-electron chi connectivity index (χ0n) is 24.7. The van der Waals surface area contributed by atoms with Crippen molar-refractivity contribution in [3.05, 3.63) is 125 Å². The molecule has 0 saturated carbocycles. The van der Waals surface area contributed by atoms with E-state index in [1.54, 1.807) is 41.1 Å². The number of carbonyl (C=O) groups is 2. The molecule has 0 aliphatic carbocycles. The van der Waals surface area contributed by atoms with Gasteiger partial charge in [0.15, 0.2) is 5.78 Å². The van der Waals surface area contributed by atoms with Gasteiger partial charge in [0.1, 0.15) is 6.73 Å². The Labute approximate surface area is 253 Å². The summed E-state index contributed by atoms with van der Waals surface area (Å²) in [5.41, 5.74) is 11.4. The number of anilines is 2. The zero-order chi connectivity index (χ0) is 30.4. The number of benzene rings is 4. The van der Waals surface area contributed by atoms with Gasteiger partial charge in [0.2, 0.25) is 0 Å². The second-order valence-corrected chi connectivity index (χ2v) is 17.3. The molecule has 0 radical (unpaired) electrons. The van der Waals surface area contributed by atoms with Gasteiger partial charge in [-0.2, -0.15) is 5.10 Å². The first kappa shape index (κ1) is 29.7. The number of rotatable bonds is 11. The second-order valence-electron chi connectivity index (χ2n) is 11.7. The average Bonchev–Trinajstić information content (AvgIpc) is 3.35. The van der Waals surface area contributed by atoms with Gasteiger partial charge in [-0.1, -0.05) is 80.3 Å². The molecule has 0 aliphatic heterocycles. The molecule has 0 saturated heterocycles. The third-order valence-corrected chi connectivity index (χ3v) is 8.79. The van der Waals surface area contributed by atoms with Gasteiger partial charge < -0.3 is 15.8 Å². The van der Waals surface area contributed by atoms with Gasteiger partial charge >= 0.3 is 0 Å². The van der Waals surface area contributed by atoms with Crippen molar-refractivity contribution in [3.8, 4) is 0 Å². The number of carbonyl (C=O) groups excluding carboxylic acids is 2. The van der Waals surface area contributed by atoms with Crippen molar-refractivity contribution in [1.82, 2.24) is 9.78 Å². The number of aromatic nitrogens is 2. The SMILES string of the molecule is C[Si](C)(C)CCOCn1nc(/C=C/c2ccccc2N)c2ccc(C(=O)c3cccc(NC(=O)c4ccccc4)c3)cc21. The lowest BCUT2D eigenvalue weighted by Gasteiger charge is -2.15. The molecule has 0 fully saturated rings. The average molecular weight is 589 g/mol. The van der Waals surface area contributed by atoms with Crippen LogP contribution in [0.3, 0.4) is 0 Å². The molecule has 43 heavy (non-hydrogen) atoms. The molecule has 0 unspecified atom stereocenters. The van der Waals surface area contributed by atoms with E-state index >= 15 is 0 Å². The highest BCUT2D eigenvalue weighted by molar-refractivity contribution is 6.76. The summed E-state index contributed by atoms with van der Waals surface area (Å²) < 4.78 is 7.85. The Hall–Kier alpha value is -4.79.